The molecule has 0 heterocycles. The van der Waals surface area contributed by atoms with Crippen molar-refractivity contribution < 1.29 is 54.7 Å². The number of ether oxygens (including phenoxy) is 1. The third-order valence-electron chi connectivity index (χ3n) is 3.93. The standard InChI is InChI=1S/C19H17F6O2P.Li/c1-3-11(2)27-12-7-9-13(10-8-12)28-17(26)16-14(18(20,21)22)5-4-6-15(16)19(23,24)25;/h4-11,28H,3H2,1-2H3;/q;+1. The zero-order valence-electron chi connectivity index (χ0n) is 15.9. The maximum Gasteiger partial charge on any atom is 1.00 e. The molecule has 0 aliphatic rings. The van der Waals surface area contributed by atoms with E-state index < -0.39 is 43.1 Å². The zero-order chi connectivity index (χ0) is 21.1. The Kier molecular flexibility index (Phi) is 8.83. The Morgan fingerprint density at radius 2 is 1.45 bits per heavy atom. The van der Waals surface area contributed by atoms with Gasteiger partial charge < -0.3 is 4.74 Å². The summed E-state index contributed by atoms with van der Waals surface area (Å²) in [5.41, 5.74) is -5.75. The van der Waals surface area contributed by atoms with Crippen molar-refractivity contribution in [2.45, 2.75) is 38.7 Å². The van der Waals surface area contributed by atoms with E-state index in [-0.39, 0.29) is 25.0 Å². The van der Waals surface area contributed by atoms with Crippen molar-refractivity contribution in [3.8, 4) is 5.75 Å². The van der Waals surface area contributed by atoms with Crippen LogP contribution in [0.15, 0.2) is 42.5 Å². The molecule has 2 aromatic carbocycles. The summed E-state index contributed by atoms with van der Waals surface area (Å²) in [5, 5.41) is 0.312. The summed E-state index contributed by atoms with van der Waals surface area (Å²) in [6, 6.07) is 7.58. The van der Waals surface area contributed by atoms with Crippen LogP contribution in [0.2, 0.25) is 0 Å². The van der Waals surface area contributed by atoms with Crippen LogP contribution in [-0.2, 0) is 12.4 Å². The second kappa shape index (κ2) is 10.0. The van der Waals surface area contributed by atoms with Crippen LogP contribution in [0.4, 0.5) is 26.3 Å². The van der Waals surface area contributed by atoms with E-state index in [1.165, 1.54) is 24.3 Å². The first-order valence-electron chi connectivity index (χ1n) is 8.29. The number of rotatable bonds is 6. The number of carbonyl (C=O) groups is 1. The molecule has 0 amide bonds. The first kappa shape index (κ1) is 25.6. The number of alkyl halides is 6. The molecule has 2 atom stereocenters. The normalized spacial score (nSPS) is 13.2. The summed E-state index contributed by atoms with van der Waals surface area (Å²) in [5.74, 6) is 0.502. The molecule has 0 aliphatic heterocycles. The molecule has 10 heteroatoms. The first-order chi connectivity index (χ1) is 12.9. The maximum absolute atomic E-state index is 13.2. The van der Waals surface area contributed by atoms with Crippen molar-refractivity contribution in [3.63, 3.8) is 0 Å². The molecular formula is C19H17F6LiO2P+. The fourth-order valence-electron chi connectivity index (χ4n) is 2.40. The molecule has 0 saturated heterocycles. The molecular weight excluding hydrogens is 412 g/mol. The molecule has 2 aromatic rings. The monoisotopic (exact) mass is 429 g/mol. The summed E-state index contributed by atoms with van der Waals surface area (Å²) in [6.07, 6.45) is -9.45. The van der Waals surface area contributed by atoms with Gasteiger partial charge in [-0.05, 0) is 51.5 Å². The van der Waals surface area contributed by atoms with E-state index in [4.69, 9.17) is 4.74 Å². The molecule has 0 fully saturated rings. The predicted octanol–water partition coefficient (Wildman–Crippen LogP) is 3.05. The van der Waals surface area contributed by atoms with Crippen molar-refractivity contribution in [2.75, 3.05) is 0 Å². The third-order valence-corrected chi connectivity index (χ3v) is 5.03. The third kappa shape index (κ3) is 6.77. The Hall–Kier alpha value is -1.48. The van der Waals surface area contributed by atoms with Gasteiger partial charge in [-0.25, -0.2) is 0 Å². The Morgan fingerprint density at radius 3 is 1.86 bits per heavy atom. The van der Waals surface area contributed by atoms with Gasteiger partial charge in [0.05, 0.1) is 17.2 Å². The van der Waals surface area contributed by atoms with Crippen LogP contribution in [0.25, 0.3) is 0 Å². The van der Waals surface area contributed by atoms with Gasteiger partial charge in [0.2, 0.25) is 0 Å². The molecule has 0 spiro atoms. The second-order valence-electron chi connectivity index (χ2n) is 6.04. The van der Waals surface area contributed by atoms with Gasteiger partial charge in [0.15, 0.2) is 5.52 Å². The van der Waals surface area contributed by atoms with Crippen LogP contribution in [0.5, 0.6) is 5.75 Å². The van der Waals surface area contributed by atoms with Crippen molar-refractivity contribution in [1.29, 1.82) is 0 Å². The summed E-state index contributed by atoms with van der Waals surface area (Å²) in [4.78, 5) is 12.4. The van der Waals surface area contributed by atoms with Crippen LogP contribution in [0.3, 0.4) is 0 Å². The number of benzene rings is 2. The number of hydrogen-bond acceptors (Lipinski definition) is 2. The zero-order valence-corrected chi connectivity index (χ0v) is 16.9. The van der Waals surface area contributed by atoms with E-state index >= 15 is 0 Å². The molecule has 2 unspecified atom stereocenters. The van der Waals surface area contributed by atoms with E-state index in [0.29, 0.717) is 29.3 Å². The minimum atomic E-state index is -5.08. The number of halogens is 6. The smallest absolute Gasteiger partial charge is 0.491 e. The molecule has 0 radical (unpaired) electrons. The Balaban J connectivity index is 0.00000420. The summed E-state index contributed by atoms with van der Waals surface area (Å²) >= 11 is 0. The van der Waals surface area contributed by atoms with Crippen molar-refractivity contribution >= 4 is 19.4 Å². The molecule has 0 aromatic heterocycles. The predicted molar refractivity (Wildman–Crippen MR) is 95.5 cm³/mol. The Morgan fingerprint density at radius 1 is 0.966 bits per heavy atom. The molecule has 0 saturated carbocycles. The van der Waals surface area contributed by atoms with Gasteiger partial charge in [-0.15, -0.1) is 0 Å². The SMILES string of the molecule is CCC(C)Oc1ccc(PC(=O)c2c(C(F)(F)F)cccc2C(F)(F)F)cc1.[Li+]. The van der Waals surface area contributed by atoms with E-state index in [1.54, 1.807) is 0 Å². The van der Waals surface area contributed by atoms with Crippen LogP contribution in [-0.4, -0.2) is 11.6 Å². The van der Waals surface area contributed by atoms with Crippen LogP contribution in [0, 0.1) is 0 Å². The molecule has 0 aliphatic carbocycles. The number of hydrogen-bond donors (Lipinski definition) is 0. The largest absolute Gasteiger partial charge is 1.00 e. The maximum atomic E-state index is 13.2. The quantitative estimate of drug-likeness (QED) is 0.401. The molecule has 0 N–H and O–H groups in total. The topological polar surface area (TPSA) is 26.3 Å². The average Bonchev–Trinajstić information content (AvgIpc) is 2.61. The van der Waals surface area contributed by atoms with Crippen LogP contribution >= 0.6 is 8.58 Å². The molecule has 29 heavy (non-hydrogen) atoms. The van der Waals surface area contributed by atoms with Gasteiger partial charge in [-0.1, -0.05) is 25.1 Å². The Bertz CT molecular complexity index is 802. The van der Waals surface area contributed by atoms with Crippen molar-refractivity contribution in [2.24, 2.45) is 0 Å². The first-order valence-corrected chi connectivity index (χ1v) is 9.29. The molecule has 2 nitrogen and oxygen atoms in total. The fourth-order valence-corrected chi connectivity index (χ4v) is 3.39. The second-order valence-corrected chi connectivity index (χ2v) is 7.32. The van der Waals surface area contributed by atoms with Gasteiger partial charge in [0, 0.05) is 5.56 Å². The van der Waals surface area contributed by atoms with E-state index in [2.05, 4.69) is 0 Å². The van der Waals surface area contributed by atoms with Gasteiger partial charge in [0.25, 0.3) is 0 Å². The molecule has 152 valence electrons. The number of carbonyl (C=O) groups excluding carboxylic acids is 1. The van der Waals surface area contributed by atoms with Crippen molar-refractivity contribution in [3.05, 3.63) is 59.2 Å². The van der Waals surface area contributed by atoms with E-state index in [0.717, 1.165) is 6.42 Å². The summed E-state index contributed by atoms with van der Waals surface area (Å²) in [6.45, 7) is 3.78. The van der Waals surface area contributed by atoms with Crippen LogP contribution < -0.4 is 28.9 Å². The minimum Gasteiger partial charge on any atom is -0.491 e. The fraction of sp³-hybridized carbons (Fsp3) is 0.316. The minimum absolute atomic E-state index is 0. The van der Waals surface area contributed by atoms with Gasteiger partial charge in [-0.3, -0.25) is 4.79 Å². The van der Waals surface area contributed by atoms with Gasteiger partial charge in [0.1, 0.15) is 5.75 Å². The van der Waals surface area contributed by atoms with E-state index in [1.807, 2.05) is 13.8 Å². The van der Waals surface area contributed by atoms with Gasteiger partial charge in [-0.2, -0.15) is 26.3 Å². The molecule has 2 rings (SSSR count). The van der Waals surface area contributed by atoms with Crippen molar-refractivity contribution in [1.82, 2.24) is 0 Å². The molecule has 0 bridgehead atoms. The van der Waals surface area contributed by atoms with Crippen LogP contribution in [0.1, 0.15) is 41.8 Å². The van der Waals surface area contributed by atoms with E-state index in [9.17, 15) is 31.1 Å². The summed E-state index contributed by atoms with van der Waals surface area (Å²) in [7, 11) is -0.895. The average molecular weight is 429 g/mol. The Labute approximate surface area is 178 Å². The summed E-state index contributed by atoms with van der Waals surface area (Å²) < 4.78 is 84.7. The van der Waals surface area contributed by atoms with Gasteiger partial charge >= 0.3 is 31.2 Å².